The van der Waals surface area contributed by atoms with E-state index in [1.54, 1.807) is 0 Å². The van der Waals surface area contributed by atoms with Crippen LogP contribution in [0.2, 0.25) is 0 Å². The number of esters is 1. The molecule has 0 amide bonds. The Bertz CT molecular complexity index is 569. The Labute approximate surface area is 185 Å². The predicted molar refractivity (Wildman–Crippen MR) is 124 cm³/mol. The third-order valence-corrected chi connectivity index (χ3v) is 8.17. The minimum Gasteiger partial charge on any atom is -0.462 e. The zero-order valence-electron chi connectivity index (χ0n) is 19.9. The Balaban J connectivity index is 1.44. The Kier molecular flexibility index (Phi) is 8.82. The lowest BCUT2D eigenvalue weighted by Gasteiger charge is -2.50. The average molecular weight is 419 g/mol. The summed E-state index contributed by atoms with van der Waals surface area (Å²) in [5, 5.41) is 3.60. The van der Waals surface area contributed by atoms with E-state index in [4.69, 9.17) is 4.74 Å². The van der Waals surface area contributed by atoms with E-state index in [0.717, 1.165) is 38.9 Å². The summed E-state index contributed by atoms with van der Waals surface area (Å²) in [5.74, 6) is 1.03. The average Bonchev–Trinajstić information content (AvgIpc) is 3.01. The summed E-state index contributed by atoms with van der Waals surface area (Å²) in [6, 6.07) is 0. The van der Waals surface area contributed by atoms with Crippen LogP contribution in [0.1, 0.15) is 85.0 Å². The summed E-state index contributed by atoms with van der Waals surface area (Å²) in [6.07, 6.45) is 12.2. The minimum atomic E-state index is 0.0329. The number of allylic oxidation sites excluding steroid dienone is 1. The fourth-order valence-corrected chi connectivity index (χ4v) is 6.27. The monoisotopic (exact) mass is 418 g/mol. The Morgan fingerprint density at radius 3 is 2.57 bits per heavy atom. The van der Waals surface area contributed by atoms with Gasteiger partial charge in [0, 0.05) is 12.5 Å². The van der Waals surface area contributed by atoms with Gasteiger partial charge in [-0.2, -0.15) is 0 Å². The molecule has 1 heterocycles. The SMILES string of the molecule is C=C1CCC[C@]2(C)C[C@H]3OC(=O)[C@H](CNCCCN(CCCC)CCCC)[C@H]3C[C@@H]12. The van der Waals surface area contributed by atoms with Gasteiger partial charge < -0.3 is 15.0 Å². The Hall–Kier alpha value is -0.870. The fourth-order valence-electron chi connectivity index (χ4n) is 6.27. The molecular weight excluding hydrogens is 372 g/mol. The number of rotatable bonds is 12. The topological polar surface area (TPSA) is 41.6 Å². The molecule has 4 nitrogen and oxygen atoms in total. The van der Waals surface area contributed by atoms with Gasteiger partial charge in [-0.15, -0.1) is 0 Å². The van der Waals surface area contributed by atoms with Crippen molar-refractivity contribution < 1.29 is 9.53 Å². The van der Waals surface area contributed by atoms with Gasteiger partial charge in [-0.25, -0.2) is 0 Å². The van der Waals surface area contributed by atoms with E-state index in [1.807, 2.05) is 0 Å². The van der Waals surface area contributed by atoms with E-state index in [-0.39, 0.29) is 18.0 Å². The predicted octanol–water partition coefficient (Wildman–Crippen LogP) is 5.18. The molecule has 0 aromatic carbocycles. The van der Waals surface area contributed by atoms with E-state index in [2.05, 4.69) is 37.6 Å². The zero-order valence-corrected chi connectivity index (χ0v) is 19.9. The highest BCUT2D eigenvalue weighted by Gasteiger charge is 2.54. The second kappa shape index (κ2) is 11.1. The minimum absolute atomic E-state index is 0.0329. The first kappa shape index (κ1) is 23.8. The van der Waals surface area contributed by atoms with Crippen molar-refractivity contribution in [3.8, 4) is 0 Å². The summed E-state index contributed by atoms with van der Waals surface area (Å²) >= 11 is 0. The van der Waals surface area contributed by atoms with Crippen molar-refractivity contribution in [2.24, 2.45) is 23.2 Å². The lowest BCUT2D eigenvalue weighted by atomic mass is 9.55. The molecule has 3 aliphatic rings. The standard InChI is InChI=1S/C26H46N2O2/c1-5-7-14-28(15-8-6-2)16-10-13-27-19-22-21-17-23-20(3)11-9-12-26(23,4)18-24(21)30-25(22)29/h21-24,27H,3,5-19H2,1-2,4H3/t21-,22-,23+,24-,26-/m1/s1. The van der Waals surface area contributed by atoms with Crippen molar-refractivity contribution in [2.75, 3.05) is 32.7 Å². The van der Waals surface area contributed by atoms with Gasteiger partial charge in [0.2, 0.25) is 0 Å². The Morgan fingerprint density at radius 1 is 1.17 bits per heavy atom. The van der Waals surface area contributed by atoms with Gasteiger partial charge in [-0.3, -0.25) is 4.79 Å². The number of nitrogens with one attached hydrogen (secondary N) is 1. The molecule has 0 aromatic heterocycles. The molecule has 2 saturated carbocycles. The number of carbonyl (C=O) groups is 1. The third-order valence-electron chi connectivity index (χ3n) is 8.17. The van der Waals surface area contributed by atoms with E-state index in [1.165, 1.54) is 63.6 Å². The second-order valence-corrected chi connectivity index (χ2v) is 10.5. The maximum atomic E-state index is 12.6. The number of nitrogens with zero attached hydrogens (tertiary/aromatic N) is 1. The van der Waals surface area contributed by atoms with Gasteiger partial charge in [0.1, 0.15) is 6.10 Å². The van der Waals surface area contributed by atoms with Crippen LogP contribution in [0.15, 0.2) is 12.2 Å². The number of hydrogen-bond donors (Lipinski definition) is 1. The first-order valence-corrected chi connectivity index (χ1v) is 12.8. The van der Waals surface area contributed by atoms with Crippen LogP contribution < -0.4 is 5.32 Å². The normalized spacial score (nSPS) is 33.5. The summed E-state index contributed by atoms with van der Waals surface area (Å²) in [5.41, 5.74) is 1.71. The van der Waals surface area contributed by atoms with E-state index >= 15 is 0 Å². The van der Waals surface area contributed by atoms with Crippen LogP contribution in [0.4, 0.5) is 0 Å². The molecule has 0 unspecified atom stereocenters. The van der Waals surface area contributed by atoms with Gasteiger partial charge in [-0.05, 0) is 88.9 Å². The van der Waals surface area contributed by atoms with Crippen molar-refractivity contribution >= 4 is 5.97 Å². The number of unbranched alkanes of at least 4 members (excludes halogenated alkanes) is 2. The molecule has 0 bridgehead atoms. The van der Waals surface area contributed by atoms with Crippen LogP contribution in [0.5, 0.6) is 0 Å². The van der Waals surface area contributed by atoms with Crippen LogP contribution in [0.3, 0.4) is 0 Å². The van der Waals surface area contributed by atoms with Crippen molar-refractivity contribution in [1.82, 2.24) is 10.2 Å². The molecule has 3 rings (SSSR count). The van der Waals surface area contributed by atoms with Gasteiger partial charge in [0.05, 0.1) is 5.92 Å². The lowest BCUT2D eigenvalue weighted by molar-refractivity contribution is -0.146. The largest absolute Gasteiger partial charge is 0.462 e. The Morgan fingerprint density at radius 2 is 1.87 bits per heavy atom. The van der Waals surface area contributed by atoms with Crippen LogP contribution >= 0.6 is 0 Å². The van der Waals surface area contributed by atoms with E-state index in [9.17, 15) is 4.79 Å². The van der Waals surface area contributed by atoms with Crippen LogP contribution in [0, 0.1) is 23.2 Å². The van der Waals surface area contributed by atoms with Crippen molar-refractivity contribution in [3.63, 3.8) is 0 Å². The molecule has 1 aliphatic heterocycles. The molecule has 3 fully saturated rings. The molecule has 2 aliphatic carbocycles. The first-order valence-electron chi connectivity index (χ1n) is 12.8. The summed E-state index contributed by atoms with van der Waals surface area (Å²) in [7, 11) is 0. The van der Waals surface area contributed by atoms with E-state index in [0.29, 0.717) is 17.3 Å². The molecule has 0 radical (unpaired) electrons. The first-order chi connectivity index (χ1) is 14.5. The molecular formula is C26H46N2O2. The fraction of sp³-hybridized carbons (Fsp3) is 0.885. The lowest BCUT2D eigenvalue weighted by Crippen LogP contribution is -2.45. The highest BCUT2D eigenvalue weighted by Crippen LogP contribution is 2.56. The number of ether oxygens (including phenoxy) is 1. The van der Waals surface area contributed by atoms with E-state index < -0.39 is 0 Å². The number of hydrogen-bond acceptors (Lipinski definition) is 4. The van der Waals surface area contributed by atoms with Crippen molar-refractivity contribution in [2.45, 2.75) is 91.1 Å². The molecule has 0 aromatic rings. The highest BCUT2D eigenvalue weighted by atomic mass is 16.6. The zero-order chi connectivity index (χ0) is 21.6. The summed E-state index contributed by atoms with van der Waals surface area (Å²) in [4.78, 5) is 15.3. The maximum Gasteiger partial charge on any atom is 0.310 e. The summed E-state index contributed by atoms with van der Waals surface area (Å²) < 4.78 is 5.89. The maximum absolute atomic E-state index is 12.6. The van der Waals surface area contributed by atoms with Crippen LogP contribution in [-0.2, 0) is 9.53 Å². The highest BCUT2D eigenvalue weighted by molar-refractivity contribution is 5.75. The third kappa shape index (κ3) is 5.68. The van der Waals surface area contributed by atoms with Gasteiger partial charge >= 0.3 is 5.97 Å². The van der Waals surface area contributed by atoms with Crippen molar-refractivity contribution in [1.29, 1.82) is 0 Å². The number of carbonyl (C=O) groups excluding carboxylic acids is 1. The van der Waals surface area contributed by atoms with Crippen LogP contribution in [-0.4, -0.2) is 49.7 Å². The molecule has 172 valence electrons. The quantitative estimate of drug-likeness (QED) is 0.269. The molecule has 4 heteroatoms. The molecule has 0 spiro atoms. The molecule has 5 atom stereocenters. The van der Waals surface area contributed by atoms with Gasteiger partial charge in [-0.1, -0.05) is 45.8 Å². The van der Waals surface area contributed by atoms with Gasteiger partial charge in [0.25, 0.3) is 0 Å². The van der Waals surface area contributed by atoms with Crippen LogP contribution in [0.25, 0.3) is 0 Å². The number of fused-ring (bicyclic) bond motifs is 2. The molecule has 1 saturated heterocycles. The summed E-state index contributed by atoms with van der Waals surface area (Å²) in [6.45, 7) is 16.7. The molecule has 30 heavy (non-hydrogen) atoms. The smallest absolute Gasteiger partial charge is 0.310 e. The molecule has 1 N–H and O–H groups in total. The second-order valence-electron chi connectivity index (χ2n) is 10.5. The van der Waals surface area contributed by atoms with Gasteiger partial charge in [0.15, 0.2) is 0 Å². The van der Waals surface area contributed by atoms with Crippen molar-refractivity contribution in [3.05, 3.63) is 12.2 Å².